The molecule has 1 fully saturated rings. The molecule has 0 aliphatic heterocycles. The third kappa shape index (κ3) is 4.33. The molecular formula is C10H20F2N2. The van der Waals surface area contributed by atoms with E-state index in [-0.39, 0.29) is 6.54 Å². The van der Waals surface area contributed by atoms with Crippen LogP contribution in [0, 0.1) is 5.92 Å². The minimum Gasteiger partial charge on any atom is -0.325 e. The highest BCUT2D eigenvalue weighted by atomic mass is 19.3. The molecule has 4 heteroatoms. The Morgan fingerprint density at radius 3 is 2.50 bits per heavy atom. The summed E-state index contributed by atoms with van der Waals surface area (Å²) in [5.74, 6) is -2.06. The van der Waals surface area contributed by atoms with Crippen molar-refractivity contribution >= 4 is 0 Å². The molecule has 2 nitrogen and oxygen atoms in total. The number of rotatable bonds is 7. The number of nitrogens with two attached hydrogens (primary N) is 1. The first kappa shape index (κ1) is 11.9. The molecule has 1 aliphatic carbocycles. The van der Waals surface area contributed by atoms with Gasteiger partial charge in [-0.25, -0.2) is 8.78 Å². The molecule has 0 unspecified atom stereocenters. The third-order valence-electron chi connectivity index (χ3n) is 2.51. The molecule has 0 amide bonds. The molecule has 0 aromatic heterocycles. The molecule has 0 spiro atoms. The second-order valence-electron chi connectivity index (χ2n) is 4.24. The first-order valence-corrected chi connectivity index (χ1v) is 5.37. The summed E-state index contributed by atoms with van der Waals surface area (Å²) in [5, 5.41) is 0. The van der Waals surface area contributed by atoms with Crippen LogP contribution in [0.3, 0.4) is 0 Å². The van der Waals surface area contributed by atoms with Gasteiger partial charge in [-0.1, -0.05) is 6.92 Å². The van der Waals surface area contributed by atoms with Gasteiger partial charge in [-0.05, 0) is 31.7 Å². The van der Waals surface area contributed by atoms with Gasteiger partial charge in [0.1, 0.15) is 0 Å². The van der Waals surface area contributed by atoms with Crippen LogP contribution in [0.25, 0.3) is 0 Å². The molecule has 84 valence electrons. The Labute approximate surface area is 84.4 Å². The molecule has 0 aromatic carbocycles. The minimum absolute atomic E-state index is 0.173. The summed E-state index contributed by atoms with van der Waals surface area (Å²) >= 11 is 0. The van der Waals surface area contributed by atoms with Crippen molar-refractivity contribution in [2.75, 3.05) is 26.2 Å². The minimum atomic E-state index is -2.72. The highest BCUT2D eigenvalue weighted by Gasteiger charge is 2.32. The van der Waals surface area contributed by atoms with Gasteiger partial charge in [0.2, 0.25) is 0 Å². The Bertz CT molecular complexity index is 170. The summed E-state index contributed by atoms with van der Waals surface area (Å²) in [4.78, 5) is 1.85. The first-order chi connectivity index (χ1) is 6.57. The van der Waals surface area contributed by atoms with E-state index in [1.165, 1.54) is 12.8 Å². The topological polar surface area (TPSA) is 29.3 Å². The summed E-state index contributed by atoms with van der Waals surface area (Å²) in [6, 6.07) is 0. The van der Waals surface area contributed by atoms with Crippen LogP contribution in [0.5, 0.6) is 0 Å². The Hall–Kier alpha value is -0.220. The number of hydrogen-bond donors (Lipinski definition) is 1. The van der Waals surface area contributed by atoms with Gasteiger partial charge in [-0.15, -0.1) is 0 Å². The van der Waals surface area contributed by atoms with E-state index < -0.39 is 12.5 Å². The highest BCUT2D eigenvalue weighted by Crippen LogP contribution is 2.30. The molecule has 0 bridgehead atoms. The Morgan fingerprint density at radius 1 is 1.43 bits per heavy atom. The zero-order valence-electron chi connectivity index (χ0n) is 8.81. The Kier molecular flexibility index (Phi) is 4.26. The normalized spacial score (nSPS) is 17.8. The third-order valence-corrected chi connectivity index (χ3v) is 2.51. The van der Waals surface area contributed by atoms with E-state index in [4.69, 9.17) is 5.73 Å². The number of alkyl halides is 2. The van der Waals surface area contributed by atoms with Crippen LogP contribution in [0.2, 0.25) is 0 Å². The van der Waals surface area contributed by atoms with Gasteiger partial charge >= 0.3 is 0 Å². The van der Waals surface area contributed by atoms with Crippen LogP contribution in [0.1, 0.15) is 26.2 Å². The predicted octanol–water partition coefficient (Wildman–Crippen LogP) is 1.70. The van der Waals surface area contributed by atoms with Crippen molar-refractivity contribution in [2.24, 2.45) is 11.7 Å². The van der Waals surface area contributed by atoms with Crippen molar-refractivity contribution in [3.05, 3.63) is 0 Å². The van der Waals surface area contributed by atoms with Crippen LogP contribution in [0.15, 0.2) is 0 Å². The van der Waals surface area contributed by atoms with Gasteiger partial charge in [0, 0.05) is 6.54 Å². The van der Waals surface area contributed by atoms with Crippen molar-refractivity contribution in [1.82, 2.24) is 4.90 Å². The maximum absolute atomic E-state index is 13.0. The first-order valence-electron chi connectivity index (χ1n) is 5.37. The molecular weight excluding hydrogens is 186 g/mol. The molecule has 1 rings (SSSR count). The molecule has 1 aliphatic rings. The molecule has 14 heavy (non-hydrogen) atoms. The molecule has 2 N–H and O–H groups in total. The second kappa shape index (κ2) is 5.03. The summed E-state index contributed by atoms with van der Waals surface area (Å²) in [6.07, 6.45) is 3.33. The zero-order chi connectivity index (χ0) is 10.6. The molecule has 0 saturated heterocycles. The smallest absolute Gasteiger partial charge is 0.272 e. The summed E-state index contributed by atoms with van der Waals surface area (Å²) < 4.78 is 26.1. The fourth-order valence-electron chi connectivity index (χ4n) is 1.61. The molecule has 0 radical (unpaired) electrons. The maximum Gasteiger partial charge on any atom is 0.272 e. The maximum atomic E-state index is 13.0. The average molecular weight is 206 g/mol. The summed E-state index contributed by atoms with van der Waals surface area (Å²) in [5.41, 5.74) is 5.02. The van der Waals surface area contributed by atoms with Crippen molar-refractivity contribution in [3.63, 3.8) is 0 Å². The van der Waals surface area contributed by atoms with Crippen molar-refractivity contribution < 1.29 is 8.78 Å². The zero-order valence-corrected chi connectivity index (χ0v) is 8.81. The average Bonchev–Trinajstić information content (AvgIpc) is 2.88. The van der Waals surface area contributed by atoms with Crippen molar-refractivity contribution in [3.8, 4) is 0 Å². The number of halogens is 2. The van der Waals surface area contributed by atoms with Gasteiger partial charge in [-0.3, -0.25) is 4.90 Å². The lowest BCUT2D eigenvalue weighted by molar-refractivity contribution is -0.0244. The van der Waals surface area contributed by atoms with Crippen LogP contribution >= 0.6 is 0 Å². The van der Waals surface area contributed by atoms with E-state index in [1.54, 1.807) is 0 Å². The van der Waals surface area contributed by atoms with Crippen LogP contribution < -0.4 is 5.73 Å². The van der Waals surface area contributed by atoms with E-state index in [0.29, 0.717) is 5.92 Å². The van der Waals surface area contributed by atoms with Crippen LogP contribution in [-0.2, 0) is 0 Å². The standard InChI is InChI=1S/C10H20F2N2/c1-2-5-14(6-9-3-4-9)8-10(11,12)7-13/h9H,2-8,13H2,1H3. The fraction of sp³-hybridized carbons (Fsp3) is 1.00. The SMILES string of the molecule is CCCN(CC1CC1)CC(F)(F)CN. The van der Waals surface area contributed by atoms with E-state index in [9.17, 15) is 8.78 Å². The monoisotopic (exact) mass is 206 g/mol. The lowest BCUT2D eigenvalue weighted by Crippen LogP contribution is -2.42. The van der Waals surface area contributed by atoms with Gasteiger partial charge < -0.3 is 5.73 Å². The quantitative estimate of drug-likeness (QED) is 0.687. The Morgan fingerprint density at radius 2 is 2.07 bits per heavy atom. The lowest BCUT2D eigenvalue weighted by atomic mass is 10.2. The molecule has 0 aromatic rings. The highest BCUT2D eigenvalue weighted by molar-refractivity contribution is 4.80. The lowest BCUT2D eigenvalue weighted by Gasteiger charge is -2.26. The fourth-order valence-corrected chi connectivity index (χ4v) is 1.61. The summed E-state index contributed by atoms with van der Waals surface area (Å²) in [7, 11) is 0. The Balaban J connectivity index is 2.32. The van der Waals surface area contributed by atoms with Crippen LogP contribution in [0.4, 0.5) is 8.78 Å². The van der Waals surface area contributed by atoms with E-state index in [0.717, 1.165) is 19.5 Å². The van der Waals surface area contributed by atoms with Gasteiger partial charge in [0.15, 0.2) is 0 Å². The van der Waals surface area contributed by atoms with E-state index >= 15 is 0 Å². The second-order valence-corrected chi connectivity index (χ2v) is 4.24. The molecule has 0 atom stereocenters. The summed E-state index contributed by atoms with van der Waals surface area (Å²) in [6.45, 7) is 2.88. The molecule has 1 saturated carbocycles. The molecule has 0 heterocycles. The largest absolute Gasteiger partial charge is 0.325 e. The van der Waals surface area contributed by atoms with Gasteiger partial charge in [0.05, 0.1) is 13.1 Å². The van der Waals surface area contributed by atoms with Crippen molar-refractivity contribution in [2.45, 2.75) is 32.1 Å². The van der Waals surface area contributed by atoms with Crippen molar-refractivity contribution in [1.29, 1.82) is 0 Å². The predicted molar refractivity (Wildman–Crippen MR) is 53.5 cm³/mol. The van der Waals surface area contributed by atoms with Crippen LogP contribution in [-0.4, -0.2) is 37.0 Å². The van der Waals surface area contributed by atoms with Gasteiger partial charge in [-0.2, -0.15) is 0 Å². The van der Waals surface area contributed by atoms with Gasteiger partial charge in [0.25, 0.3) is 5.92 Å². The number of hydrogen-bond acceptors (Lipinski definition) is 2. The van der Waals surface area contributed by atoms with E-state index in [1.807, 2.05) is 11.8 Å². The number of nitrogens with zero attached hydrogens (tertiary/aromatic N) is 1. The van der Waals surface area contributed by atoms with E-state index in [2.05, 4.69) is 0 Å².